The molecular formula is C28H43FO. The van der Waals surface area contributed by atoms with E-state index in [4.69, 9.17) is 4.74 Å². The zero-order valence-corrected chi connectivity index (χ0v) is 19.2. The molecule has 1 aromatic rings. The van der Waals surface area contributed by atoms with E-state index in [0.29, 0.717) is 6.33 Å². The Morgan fingerprint density at radius 2 is 1.40 bits per heavy atom. The van der Waals surface area contributed by atoms with Crippen molar-refractivity contribution in [3.63, 3.8) is 0 Å². The first-order valence-corrected chi connectivity index (χ1v) is 12.8. The molecule has 0 radical (unpaired) electrons. The summed E-state index contributed by atoms with van der Waals surface area (Å²) in [6.45, 7) is 3.03. The van der Waals surface area contributed by atoms with Gasteiger partial charge in [-0.1, -0.05) is 70.1 Å². The number of allylic oxidation sites excluding steroid dienone is 1. The summed E-state index contributed by atoms with van der Waals surface area (Å²) in [6.07, 6.45) is 20.8. The van der Waals surface area contributed by atoms with Crippen LogP contribution in [-0.4, -0.2) is 6.61 Å². The Morgan fingerprint density at radius 1 is 0.833 bits per heavy atom. The highest BCUT2D eigenvalue weighted by molar-refractivity contribution is 5.29. The monoisotopic (exact) mass is 414 g/mol. The molecule has 0 aromatic heterocycles. The average molecular weight is 415 g/mol. The molecule has 0 bridgehead atoms. The fraction of sp³-hybridized carbons (Fsp3) is 0.714. The fourth-order valence-corrected chi connectivity index (χ4v) is 5.63. The van der Waals surface area contributed by atoms with Crippen LogP contribution in [0.1, 0.15) is 108 Å². The van der Waals surface area contributed by atoms with Gasteiger partial charge in [0.15, 0.2) is 0 Å². The smallest absolute Gasteiger partial charge is 0.119 e. The first kappa shape index (κ1) is 23.4. The Hall–Kier alpha value is -1.31. The number of hydrogen-bond donors (Lipinski definition) is 0. The Balaban J connectivity index is 1.30. The molecule has 1 nitrogen and oxygen atoms in total. The van der Waals surface area contributed by atoms with E-state index in [0.717, 1.165) is 48.9 Å². The van der Waals surface area contributed by atoms with Crippen molar-refractivity contribution in [2.24, 2.45) is 17.8 Å². The summed E-state index contributed by atoms with van der Waals surface area (Å²) in [5.74, 6) is 4.52. The molecule has 2 saturated carbocycles. The van der Waals surface area contributed by atoms with Gasteiger partial charge in [0, 0.05) is 0 Å². The van der Waals surface area contributed by atoms with Crippen molar-refractivity contribution >= 4 is 0 Å². The molecule has 0 unspecified atom stereocenters. The number of hydrogen-bond acceptors (Lipinski definition) is 1. The van der Waals surface area contributed by atoms with Gasteiger partial charge in [0.1, 0.15) is 5.75 Å². The summed E-state index contributed by atoms with van der Waals surface area (Å²) in [5, 5.41) is 0. The van der Waals surface area contributed by atoms with Crippen LogP contribution >= 0.6 is 0 Å². The maximum absolute atomic E-state index is 12.1. The quantitative estimate of drug-likeness (QED) is 0.328. The summed E-state index contributed by atoms with van der Waals surface area (Å²) in [5.41, 5.74) is 1.51. The van der Waals surface area contributed by atoms with E-state index in [2.05, 4.69) is 31.2 Å². The first-order chi connectivity index (χ1) is 14.8. The Bertz CT molecular complexity index is 592. The Morgan fingerprint density at radius 3 is 1.97 bits per heavy atom. The number of ether oxygens (including phenoxy) is 1. The molecule has 0 N–H and O–H groups in total. The van der Waals surface area contributed by atoms with E-state index in [1.165, 1.54) is 82.6 Å². The van der Waals surface area contributed by atoms with E-state index in [1.807, 2.05) is 0 Å². The summed E-state index contributed by atoms with van der Waals surface area (Å²) >= 11 is 0. The fourth-order valence-electron chi connectivity index (χ4n) is 5.63. The second-order valence-corrected chi connectivity index (χ2v) is 9.89. The van der Waals surface area contributed by atoms with Gasteiger partial charge in [0.05, 0.1) is 12.9 Å². The standard InChI is InChI=1S/C28H43FO/c1-2-3-22-30-28-19-17-27(18-20-28)26-15-13-25(14-16-26)12-11-24-9-7-23(8-10-24)6-4-5-21-29/h5,17-21,23-26H,2-4,6-16,22H2,1H3/b21-5+/t23-,24-,25-,26-. The van der Waals surface area contributed by atoms with Crippen LogP contribution in [0.2, 0.25) is 0 Å². The minimum Gasteiger partial charge on any atom is -0.494 e. The molecule has 2 aliphatic rings. The molecule has 2 heteroatoms. The van der Waals surface area contributed by atoms with Gasteiger partial charge in [-0.25, -0.2) is 4.39 Å². The average Bonchev–Trinajstić information content (AvgIpc) is 2.80. The lowest BCUT2D eigenvalue weighted by atomic mass is 9.74. The number of rotatable bonds is 11. The molecule has 30 heavy (non-hydrogen) atoms. The van der Waals surface area contributed by atoms with Crippen LogP contribution in [0.4, 0.5) is 4.39 Å². The third kappa shape index (κ3) is 7.75. The van der Waals surface area contributed by atoms with Gasteiger partial charge in [0.25, 0.3) is 0 Å². The Kier molecular flexibility index (Phi) is 10.3. The van der Waals surface area contributed by atoms with E-state index in [-0.39, 0.29) is 0 Å². The zero-order valence-electron chi connectivity index (χ0n) is 19.2. The van der Waals surface area contributed by atoms with Crippen molar-refractivity contribution in [2.45, 2.75) is 103 Å². The lowest BCUT2D eigenvalue weighted by Crippen LogP contribution is -2.17. The van der Waals surface area contributed by atoms with Gasteiger partial charge in [-0.05, 0) is 86.3 Å². The second-order valence-electron chi connectivity index (χ2n) is 9.89. The molecule has 0 amide bonds. The summed E-state index contributed by atoms with van der Waals surface area (Å²) in [6, 6.07) is 8.94. The van der Waals surface area contributed by atoms with Gasteiger partial charge >= 0.3 is 0 Å². The van der Waals surface area contributed by atoms with E-state index >= 15 is 0 Å². The topological polar surface area (TPSA) is 9.23 Å². The summed E-state index contributed by atoms with van der Waals surface area (Å²) in [7, 11) is 0. The SMILES string of the molecule is CCCCOc1ccc([C@H]2CC[C@H](CC[C@H]3CC[C@H](CC/C=C/F)CC3)CC2)cc1. The Labute approximate surface area is 184 Å². The number of benzene rings is 1. The van der Waals surface area contributed by atoms with Crippen LogP contribution in [0, 0.1) is 17.8 Å². The summed E-state index contributed by atoms with van der Waals surface area (Å²) in [4.78, 5) is 0. The molecule has 0 heterocycles. The van der Waals surface area contributed by atoms with Gasteiger partial charge in [0.2, 0.25) is 0 Å². The van der Waals surface area contributed by atoms with Crippen molar-refractivity contribution in [1.29, 1.82) is 0 Å². The minimum atomic E-state index is 0.707. The minimum absolute atomic E-state index is 0.707. The maximum Gasteiger partial charge on any atom is 0.119 e. The molecule has 0 aliphatic heterocycles. The van der Waals surface area contributed by atoms with Crippen LogP contribution in [0.15, 0.2) is 36.7 Å². The number of unbranched alkanes of at least 4 members (excludes halogenated alkanes) is 1. The maximum atomic E-state index is 12.1. The van der Waals surface area contributed by atoms with E-state index in [9.17, 15) is 4.39 Å². The molecule has 0 atom stereocenters. The van der Waals surface area contributed by atoms with E-state index in [1.54, 1.807) is 6.08 Å². The highest BCUT2D eigenvalue weighted by Crippen LogP contribution is 2.40. The van der Waals surface area contributed by atoms with Crippen LogP contribution in [-0.2, 0) is 0 Å². The highest BCUT2D eigenvalue weighted by Gasteiger charge is 2.25. The molecule has 2 aliphatic carbocycles. The molecule has 3 rings (SSSR count). The van der Waals surface area contributed by atoms with Gasteiger partial charge < -0.3 is 4.74 Å². The zero-order chi connectivity index (χ0) is 21.0. The first-order valence-electron chi connectivity index (χ1n) is 12.8. The molecular weight excluding hydrogens is 371 g/mol. The van der Waals surface area contributed by atoms with Gasteiger partial charge in [-0.15, -0.1) is 0 Å². The largest absolute Gasteiger partial charge is 0.494 e. The predicted molar refractivity (Wildman–Crippen MR) is 126 cm³/mol. The van der Waals surface area contributed by atoms with Crippen LogP contribution in [0.5, 0.6) is 5.75 Å². The van der Waals surface area contributed by atoms with Crippen LogP contribution < -0.4 is 4.74 Å². The predicted octanol–water partition coefficient (Wildman–Crippen LogP) is 8.99. The molecule has 168 valence electrons. The van der Waals surface area contributed by atoms with Crippen molar-refractivity contribution in [3.8, 4) is 5.75 Å². The lowest BCUT2D eigenvalue weighted by molar-refractivity contribution is 0.225. The van der Waals surface area contributed by atoms with Crippen LogP contribution in [0.25, 0.3) is 0 Å². The van der Waals surface area contributed by atoms with Crippen molar-refractivity contribution in [1.82, 2.24) is 0 Å². The third-order valence-corrected chi connectivity index (χ3v) is 7.75. The number of halogens is 1. The second kappa shape index (κ2) is 13.2. The van der Waals surface area contributed by atoms with Crippen molar-refractivity contribution in [2.75, 3.05) is 6.61 Å². The van der Waals surface area contributed by atoms with Crippen LogP contribution in [0.3, 0.4) is 0 Å². The molecule has 2 fully saturated rings. The van der Waals surface area contributed by atoms with E-state index < -0.39 is 0 Å². The van der Waals surface area contributed by atoms with Gasteiger partial charge in [-0.2, -0.15) is 0 Å². The van der Waals surface area contributed by atoms with Crippen molar-refractivity contribution in [3.05, 3.63) is 42.2 Å². The molecule has 1 aromatic carbocycles. The highest BCUT2D eigenvalue weighted by atomic mass is 19.1. The molecule has 0 spiro atoms. The lowest BCUT2D eigenvalue weighted by Gasteiger charge is -2.32. The summed E-state index contributed by atoms with van der Waals surface area (Å²) < 4.78 is 17.9. The van der Waals surface area contributed by atoms with Crippen molar-refractivity contribution < 1.29 is 9.13 Å². The normalized spacial score (nSPS) is 27.4. The molecule has 0 saturated heterocycles. The van der Waals surface area contributed by atoms with Gasteiger partial charge in [-0.3, -0.25) is 0 Å². The third-order valence-electron chi connectivity index (χ3n) is 7.75.